The molecule has 0 bridgehead atoms. The number of thiazole rings is 1. The minimum atomic E-state index is -3.90. The zero-order valence-corrected chi connectivity index (χ0v) is 16.7. The van der Waals surface area contributed by atoms with Crippen LogP contribution in [0.15, 0.2) is 65.6 Å². The maximum Gasteiger partial charge on any atom is 0.278 e. The Morgan fingerprint density at radius 2 is 1.89 bits per heavy atom. The fraction of sp³-hybridized carbons (Fsp3) is 0.111. The van der Waals surface area contributed by atoms with Gasteiger partial charge in [-0.15, -0.1) is 11.3 Å². The maximum absolute atomic E-state index is 12.5. The summed E-state index contributed by atoms with van der Waals surface area (Å²) in [6, 6.07) is 9.88. The van der Waals surface area contributed by atoms with Gasteiger partial charge in [-0.2, -0.15) is 0 Å². The summed E-state index contributed by atoms with van der Waals surface area (Å²) in [5.41, 5.74) is -0.234. The van der Waals surface area contributed by atoms with Crippen molar-refractivity contribution in [1.29, 1.82) is 0 Å². The number of nitrogens with zero attached hydrogens (tertiary/aromatic N) is 2. The second-order valence-electron chi connectivity index (χ2n) is 5.78. The van der Waals surface area contributed by atoms with Crippen LogP contribution in [0.1, 0.15) is 10.4 Å². The van der Waals surface area contributed by atoms with Gasteiger partial charge in [0.15, 0.2) is 16.6 Å². The van der Waals surface area contributed by atoms with Crippen LogP contribution in [0.3, 0.4) is 0 Å². The second-order valence-corrected chi connectivity index (χ2v) is 8.95. The summed E-state index contributed by atoms with van der Waals surface area (Å²) in [5, 5.41) is 13.2. The quantitative estimate of drug-likeness (QED) is 0.592. The molecule has 0 atom stereocenters. The van der Waals surface area contributed by atoms with Gasteiger partial charge in [-0.3, -0.25) is 14.4 Å². The summed E-state index contributed by atoms with van der Waals surface area (Å²) in [7, 11) is -2.67. The number of carbonyl (C=O) groups excluding carboxylic acids is 1. The maximum atomic E-state index is 12.5. The number of aliphatic hydroxyl groups is 1. The fourth-order valence-electron chi connectivity index (χ4n) is 2.53. The van der Waals surface area contributed by atoms with Crippen LogP contribution in [0.5, 0.6) is 0 Å². The predicted molar refractivity (Wildman–Crippen MR) is 107 cm³/mol. The van der Waals surface area contributed by atoms with E-state index in [0.29, 0.717) is 5.13 Å². The molecule has 2 aromatic heterocycles. The molecule has 28 heavy (non-hydrogen) atoms. The van der Waals surface area contributed by atoms with Crippen LogP contribution in [0.4, 0.5) is 5.13 Å². The Labute approximate surface area is 166 Å². The molecule has 3 aromatic rings. The van der Waals surface area contributed by atoms with Crippen LogP contribution in [0.2, 0.25) is 0 Å². The number of likely N-dealkylation sites (N-methyl/N-ethyl adjacent to an activating group) is 1. The lowest BCUT2D eigenvalue weighted by Crippen LogP contribution is -2.37. The Bertz CT molecular complexity index is 1100. The van der Waals surface area contributed by atoms with E-state index in [-0.39, 0.29) is 21.9 Å². The van der Waals surface area contributed by atoms with Crippen LogP contribution in [0, 0.1) is 6.92 Å². The average molecular weight is 419 g/mol. The Balaban J connectivity index is 0.000000391. The summed E-state index contributed by atoms with van der Waals surface area (Å²) < 4.78 is 25.8. The molecule has 0 fully saturated rings. The molecule has 0 aliphatic carbocycles. The first-order valence-corrected chi connectivity index (χ1v) is 10.4. The second kappa shape index (κ2) is 7.87. The number of sulfonamides is 1. The molecule has 10 heteroatoms. The van der Waals surface area contributed by atoms with E-state index < -0.39 is 15.9 Å². The normalized spacial score (nSPS) is 14.7. The number of aromatic amines is 1. The highest BCUT2D eigenvalue weighted by atomic mass is 32.2. The van der Waals surface area contributed by atoms with Crippen molar-refractivity contribution < 1.29 is 18.3 Å². The third-order valence-corrected chi connectivity index (χ3v) is 6.52. The van der Waals surface area contributed by atoms with E-state index in [4.69, 9.17) is 0 Å². The Morgan fingerprint density at radius 3 is 2.46 bits per heavy atom. The van der Waals surface area contributed by atoms with E-state index in [0.717, 1.165) is 9.18 Å². The molecular formula is C18H18N4O4S2. The first-order valence-electron chi connectivity index (χ1n) is 8.15. The van der Waals surface area contributed by atoms with E-state index in [1.807, 2.05) is 31.5 Å². The summed E-state index contributed by atoms with van der Waals surface area (Å²) in [4.78, 5) is 20.1. The van der Waals surface area contributed by atoms with Crippen LogP contribution in [0.25, 0.3) is 5.76 Å². The van der Waals surface area contributed by atoms with Crippen LogP contribution < -0.4 is 5.32 Å². The number of anilines is 1. The van der Waals surface area contributed by atoms with E-state index in [9.17, 15) is 18.3 Å². The van der Waals surface area contributed by atoms with E-state index in [2.05, 4.69) is 15.3 Å². The molecule has 1 aromatic carbocycles. The highest BCUT2D eigenvalue weighted by Crippen LogP contribution is 2.34. The minimum Gasteiger partial charge on any atom is -0.505 e. The summed E-state index contributed by atoms with van der Waals surface area (Å²) in [6.07, 6.45) is 5.34. The molecule has 3 N–H and O–H groups in total. The summed E-state index contributed by atoms with van der Waals surface area (Å²) in [6.45, 7) is 1.83. The number of hydrogen-bond donors (Lipinski definition) is 3. The lowest BCUT2D eigenvalue weighted by molar-refractivity contribution is -0.113. The molecule has 3 heterocycles. The van der Waals surface area contributed by atoms with Crippen molar-refractivity contribution in [2.75, 3.05) is 12.4 Å². The van der Waals surface area contributed by atoms with Gasteiger partial charge in [0.25, 0.3) is 15.9 Å². The van der Waals surface area contributed by atoms with Crippen LogP contribution in [-0.4, -0.2) is 40.8 Å². The van der Waals surface area contributed by atoms with Crippen LogP contribution in [-0.2, 0) is 14.8 Å². The molecule has 1 aliphatic rings. The monoisotopic (exact) mass is 418 g/mol. The summed E-state index contributed by atoms with van der Waals surface area (Å²) >= 11 is 1.25. The number of rotatable bonds is 2. The predicted octanol–water partition coefficient (Wildman–Crippen LogP) is 2.97. The van der Waals surface area contributed by atoms with Crippen molar-refractivity contribution in [2.24, 2.45) is 0 Å². The van der Waals surface area contributed by atoms with Gasteiger partial charge in [-0.05, 0) is 31.2 Å². The number of hydrogen-bond acceptors (Lipinski definition) is 6. The average Bonchev–Trinajstić information content (AvgIpc) is 3.36. The number of H-pyrrole nitrogens is 1. The topological polar surface area (TPSA) is 115 Å². The molecule has 0 spiro atoms. The van der Waals surface area contributed by atoms with Gasteiger partial charge < -0.3 is 10.1 Å². The van der Waals surface area contributed by atoms with Gasteiger partial charge in [-0.25, -0.2) is 13.4 Å². The lowest BCUT2D eigenvalue weighted by atomic mass is 10.1. The molecule has 0 saturated heterocycles. The van der Waals surface area contributed by atoms with E-state index in [1.165, 1.54) is 30.5 Å². The van der Waals surface area contributed by atoms with Crippen molar-refractivity contribution in [1.82, 2.24) is 14.3 Å². The first-order chi connectivity index (χ1) is 13.3. The third kappa shape index (κ3) is 3.78. The van der Waals surface area contributed by atoms with Gasteiger partial charge in [0.1, 0.15) is 0 Å². The SMILES string of the molecule is Cc1cnc(NC(=O)C2=C(O)c3ccccc3S(=O)(=O)N2C)s1.c1cc[nH]c1. The molecule has 0 radical (unpaired) electrons. The number of fused-ring (bicyclic) bond motifs is 1. The first kappa shape index (κ1) is 19.6. The lowest BCUT2D eigenvalue weighted by Gasteiger charge is -2.28. The molecule has 0 unspecified atom stereocenters. The number of nitrogens with one attached hydrogen (secondary N) is 2. The summed E-state index contributed by atoms with van der Waals surface area (Å²) in [5.74, 6) is -1.12. The minimum absolute atomic E-state index is 0.0401. The Morgan fingerprint density at radius 1 is 1.21 bits per heavy atom. The Kier molecular flexibility index (Phi) is 5.52. The molecule has 0 saturated carbocycles. The molecule has 8 nitrogen and oxygen atoms in total. The number of aryl methyl sites for hydroxylation is 1. The van der Waals surface area contributed by atoms with Crippen molar-refractivity contribution in [3.05, 3.63) is 71.1 Å². The van der Waals surface area contributed by atoms with E-state index in [1.54, 1.807) is 18.3 Å². The van der Waals surface area contributed by atoms with Gasteiger partial charge >= 0.3 is 0 Å². The number of benzene rings is 1. The third-order valence-electron chi connectivity index (χ3n) is 3.87. The van der Waals surface area contributed by atoms with E-state index >= 15 is 0 Å². The number of aromatic nitrogens is 2. The van der Waals surface area contributed by atoms with Crippen molar-refractivity contribution >= 4 is 38.2 Å². The molecular weight excluding hydrogens is 400 g/mol. The fourth-order valence-corrected chi connectivity index (χ4v) is 4.59. The smallest absolute Gasteiger partial charge is 0.278 e. The van der Waals surface area contributed by atoms with Crippen molar-refractivity contribution in [3.63, 3.8) is 0 Å². The number of carbonyl (C=O) groups is 1. The van der Waals surface area contributed by atoms with Gasteiger partial charge in [-0.1, -0.05) is 12.1 Å². The van der Waals surface area contributed by atoms with Crippen molar-refractivity contribution in [2.45, 2.75) is 11.8 Å². The van der Waals surface area contributed by atoms with Crippen molar-refractivity contribution in [3.8, 4) is 0 Å². The zero-order valence-electron chi connectivity index (χ0n) is 15.1. The number of aliphatic hydroxyl groups excluding tert-OH is 1. The van der Waals surface area contributed by atoms with Crippen LogP contribution >= 0.6 is 11.3 Å². The largest absolute Gasteiger partial charge is 0.505 e. The van der Waals surface area contributed by atoms with Gasteiger partial charge in [0, 0.05) is 36.1 Å². The molecule has 146 valence electrons. The number of amides is 1. The highest BCUT2D eigenvalue weighted by molar-refractivity contribution is 7.89. The zero-order chi connectivity index (χ0) is 20.3. The molecule has 1 aliphatic heterocycles. The standard InChI is InChI=1S/C14H13N3O4S2.C4H5N/c1-8-7-15-14(22-8)16-13(19)11-12(18)9-5-3-4-6-10(9)23(20,21)17(11)2;1-2-4-5-3-1/h3-7,18H,1-2H3,(H,15,16,19);1-5H. The molecule has 1 amide bonds. The highest BCUT2D eigenvalue weighted by Gasteiger charge is 2.37. The van der Waals surface area contributed by atoms with Gasteiger partial charge in [0.05, 0.1) is 4.90 Å². The Hall–Kier alpha value is -3.11. The van der Waals surface area contributed by atoms with Gasteiger partial charge in [0.2, 0.25) is 0 Å². The molecule has 4 rings (SSSR count).